The molecular formula is C15H25NO4S. The Morgan fingerprint density at radius 3 is 2.29 bits per heavy atom. The number of piperidine rings is 1. The average molecular weight is 315 g/mol. The van der Waals surface area contributed by atoms with Gasteiger partial charge in [-0.3, -0.25) is 9.69 Å². The summed E-state index contributed by atoms with van der Waals surface area (Å²) in [6.45, 7) is 0. The number of aliphatic carboxylic acids is 1. The second-order valence-corrected chi connectivity index (χ2v) is 9.40. The Bertz CT molecular complexity index is 504. The summed E-state index contributed by atoms with van der Waals surface area (Å²) in [5.74, 6) is -0.433. The van der Waals surface area contributed by atoms with Gasteiger partial charge in [-0.05, 0) is 44.4 Å². The highest BCUT2D eigenvalue weighted by atomic mass is 32.2. The van der Waals surface area contributed by atoms with Gasteiger partial charge in [0.2, 0.25) is 0 Å². The molecule has 3 rings (SSSR count). The molecule has 4 atom stereocenters. The molecule has 4 unspecified atom stereocenters. The molecule has 120 valence electrons. The van der Waals surface area contributed by atoms with Crippen molar-refractivity contribution in [2.75, 3.05) is 6.26 Å². The van der Waals surface area contributed by atoms with Crippen molar-refractivity contribution in [3.63, 3.8) is 0 Å². The number of sulfone groups is 1. The van der Waals surface area contributed by atoms with Gasteiger partial charge in [-0.2, -0.15) is 0 Å². The van der Waals surface area contributed by atoms with Crippen LogP contribution in [0.15, 0.2) is 0 Å². The molecule has 6 heteroatoms. The first kappa shape index (κ1) is 15.3. The van der Waals surface area contributed by atoms with Crippen LogP contribution in [0, 0.1) is 5.92 Å². The zero-order valence-electron chi connectivity index (χ0n) is 12.6. The van der Waals surface area contributed by atoms with Crippen molar-refractivity contribution >= 4 is 15.8 Å². The predicted molar refractivity (Wildman–Crippen MR) is 79.9 cm³/mol. The molecule has 3 aliphatic rings. The van der Waals surface area contributed by atoms with Gasteiger partial charge in [-0.25, -0.2) is 8.42 Å². The van der Waals surface area contributed by atoms with E-state index < -0.39 is 15.8 Å². The molecule has 2 heterocycles. The predicted octanol–water partition coefficient (Wildman–Crippen LogP) is 1.67. The lowest BCUT2D eigenvalue weighted by Crippen LogP contribution is -2.53. The van der Waals surface area contributed by atoms with Crippen molar-refractivity contribution < 1.29 is 18.3 Å². The molecule has 0 aromatic carbocycles. The van der Waals surface area contributed by atoms with Crippen LogP contribution in [0.5, 0.6) is 0 Å². The van der Waals surface area contributed by atoms with Gasteiger partial charge in [0.05, 0.1) is 5.25 Å². The second-order valence-electron chi connectivity index (χ2n) is 7.13. The Kier molecular flexibility index (Phi) is 4.03. The van der Waals surface area contributed by atoms with Gasteiger partial charge in [-0.15, -0.1) is 0 Å². The summed E-state index contributed by atoms with van der Waals surface area (Å²) in [6, 6.07) is 0.976. The summed E-state index contributed by atoms with van der Waals surface area (Å²) in [6.07, 6.45) is 8.46. The minimum atomic E-state index is -2.99. The van der Waals surface area contributed by atoms with E-state index in [1.165, 1.54) is 6.26 Å². The van der Waals surface area contributed by atoms with Gasteiger partial charge in [0.25, 0.3) is 0 Å². The van der Waals surface area contributed by atoms with Gasteiger partial charge < -0.3 is 5.11 Å². The lowest BCUT2D eigenvalue weighted by molar-refractivity contribution is -0.138. The van der Waals surface area contributed by atoms with E-state index in [-0.39, 0.29) is 23.6 Å². The monoisotopic (exact) mass is 315 g/mol. The standard InChI is InChI=1S/C15H25NO4S/c1-21(19,20)14-4-2-3-13(14)16-11-5-6-12(16)8-10(7-11)9-15(17)18/h10-14H,2-9H2,1H3,(H,17,18). The smallest absolute Gasteiger partial charge is 0.303 e. The summed E-state index contributed by atoms with van der Waals surface area (Å²) in [5.41, 5.74) is 0. The minimum Gasteiger partial charge on any atom is -0.481 e. The van der Waals surface area contributed by atoms with Crippen molar-refractivity contribution in [3.8, 4) is 0 Å². The van der Waals surface area contributed by atoms with Crippen molar-refractivity contribution in [1.82, 2.24) is 4.90 Å². The molecule has 21 heavy (non-hydrogen) atoms. The highest BCUT2D eigenvalue weighted by Crippen LogP contribution is 2.44. The van der Waals surface area contributed by atoms with Gasteiger partial charge in [-0.1, -0.05) is 6.42 Å². The van der Waals surface area contributed by atoms with Crippen LogP contribution in [0.2, 0.25) is 0 Å². The van der Waals surface area contributed by atoms with E-state index in [9.17, 15) is 13.2 Å². The lowest BCUT2D eigenvalue weighted by Gasteiger charge is -2.43. The third-order valence-corrected chi connectivity index (χ3v) is 7.35. The molecular weight excluding hydrogens is 290 g/mol. The third kappa shape index (κ3) is 2.97. The molecule has 0 radical (unpaired) electrons. The molecule has 2 aliphatic heterocycles. The Morgan fingerprint density at radius 2 is 1.76 bits per heavy atom. The topological polar surface area (TPSA) is 74.7 Å². The molecule has 1 aliphatic carbocycles. The number of carboxylic acid groups (broad SMARTS) is 1. The second kappa shape index (κ2) is 5.54. The molecule has 5 nitrogen and oxygen atoms in total. The summed E-state index contributed by atoms with van der Waals surface area (Å²) < 4.78 is 24.1. The van der Waals surface area contributed by atoms with Crippen molar-refractivity contribution in [1.29, 1.82) is 0 Å². The molecule has 0 aromatic rings. The number of rotatable bonds is 4. The Morgan fingerprint density at radius 1 is 1.14 bits per heavy atom. The Labute approximate surface area is 126 Å². The van der Waals surface area contributed by atoms with E-state index in [0.29, 0.717) is 12.1 Å². The fourth-order valence-corrected chi connectivity index (χ4v) is 6.47. The molecule has 0 amide bonds. The van der Waals surface area contributed by atoms with Crippen LogP contribution in [-0.2, 0) is 14.6 Å². The van der Waals surface area contributed by atoms with Gasteiger partial charge in [0.1, 0.15) is 0 Å². The van der Waals surface area contributed by atoms with Gasteiger partial charge in [0, 0.05) is 30.8 Å². The van der Waals surface area contributed by atoms with E-state index in [2.05, 4.69) is 4.90 Å². The number of hydrogen-bond donors (Lipinski definition) is 1. The molecule has 1 saturated carbocycles. The van der Waals surface area contributed by atoms with E-state index in [1.807, 2.05) is 0 Å². The minimum absolute atomic E-state index is 0.170. The molecule has 0 spiro atoms. The van der Waals surface area contributed by atoms with Crippen molar-refractivity contribution in [2.45, 2.75) is 74.7 Å². The van der Waals surface area contributed by atoms with Crippen LogP contribution in [-0.4, -0.2) is 54.0 Å². The van der Waals surface area contributed by atoms with Gasteiger partial charge in [0.15, 0.2) is 9.84 Å². The number of fused-ring (bicyclic) bond motifs is 2. The fourth-order valence-electron chi connectivity index (χ4n) is 5.03. The number of nitrogens with zero attached hydrogens (tertiary/aromatic N) is 1. The highest BCUT2D eigenvalue weighted by Gasteiger charge is 2.49. The Hall–Kier alpha value is -0.620. The third-order valence-electron chi connectivity index (χ3n) is 5.70. The van der Waals surface area contributed by atoms with E-state index in [1.54, 1.807) is 0 Å². The maximum atomic E-state index is 12.0. The molecule has 3 fully saturated rings. The average Bonchev–Trinajstić information content (AvgIpc) is 2.91. The zero-order chi connectivity index (χ0) is 15.2. The van der Waals surface area contributed by atoms with E-state index in [0.717, 1.165) is 44.9 Å². The first-order valence-corrected chi connectivity index (χ1v) is 10.00. The first-order valence-electron chi connectivity index (χ1n) is 8.04. The van der Waals surface area contributed by atoms with Crippen molar-refractivity contribution in [3.05, 3.63) is 0 Å². The van der Waals surface area contributed by atoms with Crippen LogP contribution in [0.25, 0.3) is 0 Å². The normalized spacial score (nSPS) is 40.5. The summed E-state index contributed by atoms with van der Waals surface area (Å²) in [7, 11) is -2.99. The number of carboxylic acids is 1. The molecule has 2 saturated heterocycles. The zero-order valence-corrected chi connectivity index (χ0v) is 13.4. The first-order chi connectivity index (χ1) is 9.86. The van der Waals surface area contributed by atoms with Crippen LogP contribution < -0.4 is 0 Å². The van der Waals surface area contributed by atoms with Gasteiger partial charge >= 0.3 is 5.97 Å². The fraction of sp³-hybridized carbons (Fsp3) is 0.933. The summed E-state index contributed by atoms with van der Waals surface area (Å²) in [4.78, 5) is 13.4. The van der Waals surface area contributed by atoms with Crippen LogP contribution in [0.1, 0.15) is 51.4 Å². The quantitative estimate of drug-likeness (QED) is 0.854. The van der Waals surface area contributed by atoms with E-state index in [4.69, 9.17) is 5.11 Å². The number of carbonyl (C=O) groups is 1. The number of hydrogen-bond acceptors (Lipinski definition) is 4. The molecule has 2 bridgehead atoms. The van der Waals surface area contributed by atoms with Crippen molar-refractivity contribution in [2.24, 2.45) is 5.92 Å². The lowest BCUT2D eigenvalue weighted by atomic mass is 9.87. The van der Waals surface area contributed by atoms with Crippen LogP contribution in [0.4, 0.5) is 0 Å². The molecule has 0 aromatic heterocycles. The molecule has 1 N–H and O–H groups in total. The highest BCUT2D eigenvalue weighted by molar-refractivity contribution is 7.91. The maximum Gasteiger partial charge on any atom is 0.303 e. The largest absolute Gasteiger partial charge is 0.481 e. The Balaban J connectivity index is 1.74. The van der Waals surface area contributed by atoms with Crippen LogP contribution in [0.3, 0.4) is 0 Å². The van der Waals surface area contributed by atoms with Crippen LogP contribution >= 0.6 is 0 Å². The summed E-state index contributed by atoms with van der Waals surface area (Å²) >= 11 is 0. The SMILES string of the molecule is CS(=O)(=O)C1CCCC1N1C2CCC1CC(CC(=O)O)C2. The van der Waals surface area contributed by atoms with E-state index >= 15 is 0 Å². The summed E-state index contributed by atoms with van der Waals surface area (Å²) in [5, 5.41) is 8.78. The maximum absolute atomic E-state index is 12.0.